The number of amides is 3. The molecule has 1 aromatic carbocycles. The van der Waals surface area contributed by atoms with E-state index in [0.29, 0.717) is 0 Å². The van der Waals surface area contributed by atoms with Crippen molar-refractivity contribution in [1.82, 2.24) is 10.6 Å². The van der Waals surface area contributed by atoms with Crippen LogP contribution in [0.4, 0.5) is 4.79 Å². The molecule has 4 N–H and O–H groups in total. The van der Waals surface area contributed by atoms with Crippen molar-refractivity contribution in [2.75, 3.05) is 0 Å². The standard InChI is InChI=1S/C18H25N3O4/c1-12(16(22)20-14-9-5-6-10-14)25-17(23)15(21-18(19)24)11-13-7-3-2-4-8-13/h2-4,7-8,12,14-15H,5-6,9-11H2,1H3,(H,20,22)(H3,19,21,24). The van der Waals surface area contributed by atoms with Crippen LogP contribution >= 0.6 is 0 Å². The zero-order valence-electron chi connectivity index (χ0n) is 14.4. The topological polar surface area (TPSA) is 111 Å². The maximum absolute atomic E-state index is 12.4. The second-order valence-electron chi connectivity index (χ2n) is 6.32. The van der Waals surface area contributed by atoms with Crippen LogP contribution in [0.25, 0.3) is 0 Å². The fraction of sp³-hybridized carbons (Fsp3) is 0.500. The molecule has 0 aliphatic heterocycles. The van der Waals surface area contributed by atoms with Gasteiger partial charge in [-0.25, -0.2) is 9.59 Å². The summed E-state index contributed by atoms with van der Waals surface area (Å²) < 4.78 is 5.24. The number of esters is 1. The first kappa shape index (κ1) is 18.8. The van der Waals surface area contributed by atoms with Gasteiger partial charge in [0, 0.05) is 12.5 Å². The fourth-order valence-corrected chi connectivity index (χ4v) is 2.91. The minimum atomic E-state index is -0.943. The molecule has 2 rings (SSSR count). The Kier molecular flexibility index (Phi) is 6.80. The summed E-state index contributed by atoms with van der Waals surface area (Å²) in [4.78, 5) is 35.7. The number of carbonyl (C=O) groups is 3. The van der Waals surface area contributed by atoms with Crippen molar-refractivity contribution < 1.29 is 19.1 Å². The van der Waals surface area contributed by atoms with E-state index < -0.39 is 24.1 Å². The van der Waals surface area contributed by atoms with Crippen molar-refractivity contribution in [3.63, 3.8) is 0 Å². The van der Waals surface area contributed by atoms with Gasteiger partial charge in [0.2, 0.25) is 0 Å². The summed E-state index contributed by atoms with van der Waals surface area (Å²) >= 11 is 0. The Bertz CT molecular complexity index is 600. The van der Waals surface area contributed by atoms with Crippen LogP contribution in [-0.2, 0) is 20.7 Å². The van der Waals surface area contributed by atoms with Crippen molar-refractivity contribution in [3.8, 4) is 0 Å². The van der Waals surface area contributed by atoms with Crippen molar-refractivity contribution in [2.45, 2.75) is 57.2 Å². The van der Waals surface area contributed by atoms with Crippen LogP contribution < -0.4 is 16.4 Å². The van der Waals surface area contributed by atoms with Crippen LogP contribution in [0.2, 0.25) is 0 Å². The van der Waals surface area contributed by atoms with Crippen molar-refractivity contribution in [3.05, 3.63) is 35.9 Å². The van der Waals surface area contributed by atoms with E-state index in [9.17, 15) is 14.4 Å². The van der Waals surface area contributed by atoms with Gasteiger partial charge in [-0.1, -0.05) is 43.2 Å². The minimum absolute atomic E-state index is 0.150. The van der Waals surface area contributed by atoms with Gasteiger partial charge in [-0.05, 0) is 25.3 Å². The van der Waals surface area contributed by atoms with Crippen molar-refractivity contribution in [2.24, 2.45) is 5.73 Å². The van der Waals surface area contributed by atoms with Crippen LogP contribution in [-0.4, -0.2) is 36.1 Å². The van der Waals surface area contributed by atoms with Gasteiger partial charge < -0.3 is 21.1 Å². The second kappa shape index (κ2) is 9.05. The first-order valence-corrected chi connectivity index (χ1v) is 8.56. The van der Waals surface area contributed by atoms with Gasteiger partial charge in [-0.2, -0.15) is 0 Å². The first-order valence-electron chi connectivity index (χ1n) is 8.56. The monoisotopic (exact) mass is 347 g/mol. The van der Waals surface area contributed by atoms with E-state index in [4.69, 9.17) is 10.5 Å². The molecule has 1 fully saturated rings. The Morgan fingerprint density at radius 1 is 1.20 bits per heavy atom. The minimum Gasteiger partial charge on any atom is -0.451 e. The number of nitrogens with one attached hydrogen (secondary N) is 2. The molecule has 1 aliphatic carbocycles. The van der Waals surface area contributed by atoms with E-state index in [0.717, 1.165) is 31.2 Å². The summed E-state index contributed by atoms with van der Waals surface area (Å²) in [6.07, 6.45) is 3.40. The Hall–Kier alpha value is -2.57. The molecule has 0 bridgehead atoms. The highest BCUT2D eigenvalue weighted by Crippen LogP contribution is 2.17. The number of primary amides is 1. The zero-order chi connectivity index (χ0) is 18.2. The lowest BCUT2D eigenvalue weighted by atomic mass is 10.1. The van der Waals surface area contributed by atoms with E-state index in [1.807, 2.05) is 30.3 Å². The van der Waals surface area contributed by atoms with E-state index in [1.54, 1.807) is 0 Å². The lowest BCUT2D eigenvalue weighted by molar-refractivity contribution is -0.156. The lowest BCUT2D eigenvalue weighted by Gasteiger charge is -2.21. The van der Waals surface area contributed by atoms with Gasteiger partial charge in [0.15, 0.2) is 6.10 Å². The van der Waals surface area contributed by atoms with Gasteiger partial charge in [-0.15, -0.1) is 0 Å². The third kappa shape index (κ3) is 6.10. The second-order valence-corrected chi connectivity index (χ2v) is 6.32. The number of hydrogen-bond acceptors (Lipinski definition) is 4. The van der Waals surface area contributed by atoms with E-state index in [1.165, 1.54) is 6.92 Å². The molecule has 7 nitrogen and oxygen atoms in total. The molecule has 1 saturated carbocycles. The molecular weight excluding hydrogens is 322 g/mol. The Morgan fingerprint density at radius 3 is 2.44 bits per heavy atom. The number of benzene rings is 1. The summed E-state index contributed by atoms with van der Waals surface area (Å²) in [6, 6.07) is 7.57. The Morgan fingerprint density at radius 2 is 1.84 bits per heavy atom. The predicted molar refractivity (Wildman–Crippen MR) is 92.6 cm³/mol. The molecule has 1 aromatic rings. The summed E-state index contributed by atoms with van der Waals surface area (Å²) in [5, 5.41) is 5.26. The summed E-state index contributed by atoms with van der Waals surface area (Å²) in [5.41, 5.74) is 6.00. The molecule has 25 heavy (non-hydrogen) atoms. The van der Waals surface area contributed by atoms with Gasteiger partial charge in [0.25, 0.3) is 5.91 Å². The normalized spacial score (nSPS) is 16.7. The van der Waals surface area contributed by atoms with Crippen molar-refractivity contribution in [1.29, 1.82) is 0 Å². The average molecular weight is 347 g/mol. The molecular formula is C18H25N3O4. The molecule has 0 heterocycles. The van der Waals surface area contributed by atoms with Gasteiger partial charge in [-0.3, -0.25) is 4.79 Å². The van der Waals surface area contributed by atoms with Crippen LogP contribution in [0.5, 0.6) is 0 Å². The third-order valence-electron chi connectivity index (χ3n) is 4.25. The summed E-state index contributed by atoms with van der Waals surface area (Å²) in [6.45, 7) is 1.52. The molecule has 2 unspecified atom stereocenters. The van der Waals surface area contributed by atoms with Gasteiger partial charge in [0.1, 0.15) is 6.04 Å². The average Bonchev–Trinajstić information content (AvgIpc) is 3.07. The molecule has 0 saturated heterocycles. The van der Waals surface area contributed by atoms with E-state index in [2.05, 4.69) is 10.6 Å². The molecule has 3 amide bonds. The maximum Gasteiger partial charge on any atom is 0.329 e. The van der Waals surface area contributed by atoms with Crippen LogP contribution in [0.3, 0.4) is 0 Å². The zero-order valence-corrected chi connectivity index (χ0v) is 14.4. The smallest absolute Gasteiger partial charge is 0.329 e. The molecule has 0 radical (unpaired) electrons. The molecule has 0 spiro atoms. The Balaban J connectivity index is 1.92. The van der Waals surface area contributed by atoms with E-state index in [-0.39, 0.29) is 18.4 Å². The lowest BCUT2D eigenvalue weighted by Crippen LogP contribution is -2.48. The van der Waals surface area contributed by atoms with Gasteiger partial charge in [0.05, 0.1) is 0 Å². The number of urea groups is 1. The fourth-order valence-electron chi connectivity index (χ4n) is 2.91. The highest BCUT2D eigenvalue weighted by molar-refractivity contribution is 5.87. The number of nitrogens with two attached hydrogens (primary N) is 1. The first-order chi connectivity index (χ1) is 12.0. The van der Waals surface area contributed by atoms with Crippen LogP contribution in [0, 0.1) is 0 Å². The highest BCUT2D eigenvalue weighted by Gasteiger charge is 2.27. The highest BCUT2D eigenvalue weighted by atomic mass is 16.5. The molecule has 0 aromatic heterocycles. The Labute approximate surface area is 147 Å². The number of rotatable bonds is 7. The largest absolute Gasteiger partial charge is 0.451 e. The number of hydrogen-bond donors (Lipinski definition) is 3. The van der Waals surface area contributed by atoms with Crippen LogP contribution in [0.1, 0.15) is 38.2 Å². The maximum atomic E-state index is 12.4. The molecule has 2 atom stereocenters. The molecule has 1 aliphatic rings. The molecule has 7 heteroatoms. The summed E-state index contributed by atoms with van der Waals surface area (Å²) in [7, 11) is 0. The van der Waals surface area contributed by atoms with Crippen molar-refractivity contribution >= 4 is 17.9 Å². The van der Waals surface area contributed by atoms with Gasteiger partial charge >= 0.3 is 12.0 Å². The van der Waals surface area contributed by atoms with E-state index >= 15 is 0 Å². The number of ether oxygens (including phenoxy) is 1. The molecule has 136 valence electrons. The quantitative estimate of drug-likeness (QED) is 0.645. The van der Waals surface area contributed by atoms with Crippen LogP contribution in [0.15, 0.2) is 30.3 Å². The third-order valence-corrected chi connectivity index (χ3v) is 4.25. The summed E-state index contributed by atoms with van der Waals surface area (Å²) in [5.74, 6) is -1.01. The number of carbonyl (C=O) groups excluding carboxylic acids is 3. The predicted octanol–water partition coefficient (Wildman–Crippen LogP) is 1.26. The SMILES string of the molecule is CC(OC(=O)C(Cc1ccccc1)NC(N)=O)C(=O)NC1CCCC1.